The second-order valence-electron chi connectivity index (χ2n) is 10.1. The Balaban J connectivity index is 2.04. The molecule has 0 bridgehead atoms. The van der Waals surface area contributed by atoms with E-state index in [0.29, 0.717) is 16.7 Å². The molecule has 3 rings (SSSR count). The van der Waals surface area contributed by atoms with Crippen LogP contribution in [-0.2, 0) is 32.6 Å². The minimum atomic E-state index is -3.80. The fourth-order valence-electron chi connectivity index (χ4n) is 4.11. The van der Waals surface area contributed by atoms with Crippen molar-refractivity contribution in [2.75, 3.05) is 23.7 Å². The number of aryl methyl sites for hydroxylation is 1. The predicted octanol–water partition coefficient (Wildman–Crippen LogP) is 4.94. The van der Waals surface area contributed by atoms with Gasteiger partial charge >= 0.3 is 0 Å². The van der Waals surface area contributed by atoms with Crippen LogP contribution in [0.15, 0.2) is 83.3 Å². The summed E-state index contributed by atoms with van der Waals surface area (Å²) in [5.74, 6) is -0.521. The molecule has 3 aromatic rings. The van der Waals surface area contributed by atoms with E-state index in [4.69, 9.17) is 0 Å². The van der Waals surface area contributed by atoms with Crippen LogP contribution in [0.3, 0.4) is 0 Å². The third kappa shape index (κ3) is 9.21. The Morgan fingerprint density at radius 1 is 0.923 bits per heavy atom. The molecular weight excluding hydrogens is 578 g/mol. The Hall–Kier alpha value is -3.17. The summed E-state index contributed by atoms with van der Waals surface area (Å²) in [6, 6.07) is 23.2. The second-order valence-corrected chi connectivity index (χ2v) is 12.9. The number of carbonyl (C=O) groups is 2. The molecule has 0 fully saturated rings. The molecule has 0 aliphatic rings. The molecule has 208 valence electrons. The number of amides is 2. The molecule has 0 saturated heterocycles. The average Bonchev–Trinajstić information content (AvgIpc) is 2.88. The summed E-state index contributed by atoms with van der Waals surface area (Å²) in [5.41, 5.74) is 3.18. The molecule has 2 amide bonds. The Bertz CT molecular complexity index is 1360. The number of sulfonamides is 1. The van der Waals surface area contributed by atoms with Gasteiger partial charge in [-0.05, 0) is 42.2 Å². The third-order valence-corrected chi connectivity index (χ3v) is 7.84. The highest BCUT2D eigenvalue weighted by Gasteiger charge is 2.33. The highest BCUT2D eigenvalue weighted by molar-refractivity contribution is 9.10. The summed E-state index contributed by atoms with van der Waals surface area (Å²) in [6.07, 6.45) is 1.36. The Morgan fingerprint density at radius 3 is 2.18 bits per heavy atom. The van der Waals surface area contributed by atoms with Crippen LogP contribution < -0.4 is 9.62 Å². The summed E-state index contributed by atoms with van der Waals surface area (Å²) in [6.45, 7) is 6.16. The van der Waals surface area contributed by atoms with E-state index in [0.717, 1.165) is 27.3 Å². The minimum Gasteiger partial charge on any atom is -0.354 e. The van der Waals surface area contributed by atoms with Crippen molar-refractivity contribution in [1.29, 1.82) is 0 Å². The molecule has 0 spiro atoms. The topological polar surface area (TPSA) is 86.8 Å². The van der Waals surface area contributed by atoms with Crippen molar-refractivity contribution in [2.24, 2.45) is 5.92 Å². The number of hydrogen-bond donors (Lipinski definition) is 1. The van der Waals surface area contributed by atoms with Crippen molar-refractivity contribution in [3.05, 3.63) is 100 Å². The van der Waals surface area contributed by atoms with Gasteiger partial charge in [0.25, 0.3) is 0 Å². The molecule has 39 heavy (non-hydrogen) atoms. The van der Waals surface area contributed by atoms with Gasteiger partial charge in [-0.2, -0.15) is 0 Å². The fraction of sp³-hybridized carbons (Fsp3) is 0.333. The Kier molecular flexibility index (Phi) is 10.7. The van der Waals surface area contributed by atoms with Crippen molar-refractivity contribution in [3.63, 3.8) is 0 Å². The number of anilines is 1. The zero-order valence-electron chi connectivity index (χ0n) is 22.8. The van der Waals surface area contributed by atoms with Gasteiger partial charge < -0.3 is 10.2 Å². The van der Waals surface area contributed by atoms with Crippen LogP contribution in [0, 0.1) is 12.8 Å². The first kappa shape index (κ1) is 30.4. The maximum absolute atomic E-state index is 14.0. The first-order valence-corrected chi connectivity index (χ1v) is 15.5. The third-order valence-electron chi connectivity index (χ3n) is 6.20. The van der Waals surface area contributed by atoms with Crippen molar-refractivity contribution in [1.82, 2.24) is 10.2 Å². The number of rotatable bonds is 12. The lowest BCUT2D eigenvalue weighted by Gasteiger charge is -2.33. The van der Waals surface area contributed by atoms with Gasteiger partial charge in [-0.15, -0.1) is 0 Å². The summed E-state index contributed by atoms with van der Waals surface area (Å²) in [7, 11) is -3.80. The van der Waals surface area contributed by atoms with E-state index in [1.165, 1.54) is 4.90 Å². The van der Waals surface area contributed by atoms with E-state index in [9.17, 15) is 18.0 Å². The summed E-state index contributed by atoms with van der Waals surface area (Å²) in [4.78, 5) is 29.1. The maximum Gasteiger partial charge on any atom is 0.244 e. The highest BCUT2D eigenvalue weighted by Crippen LogP contribution is 2.23. The van der Waals surface area contributed by atoms with Crippen LogP contribution in [0.5, 0.6) is 0 Å². The van der Waals surface area contributed by atoms with Crippen LogP contribution in [0.1, 0.15) is 30.5 Å². The van der Waals surface area contributed by atoms with Crippen LogP contribution in [0.4, 0.5) is 5.69 Å². The highest BCUT2D eigenvalue weighted by atomic mass is 79.9. The van der Waals surface area contributed by atoms with Crippen molar-refractivity contribution >= 4 is 43.5 Å². The SMILES string of the molecule is Cc1ccc(CN(C(=O)CN(c2cccc(Br)c2)S(C)(=O)=O)C(Cc2ccccc2)C(=O)NCC(C)C)cc1. The van der Waals surface area contributed by atoms with Gasteiger partial charge in [-0.1, -0.05) is 96.0 Å². The van der Waals surface area contributed by atoms with Gasteiger partial charge in [0.2, 0.25) is 21.8 Å². The zero-order chi connectivity index (χ0) is 28.6. The van der Waals surface area contributed by atoms with E-state index in [-0.39, 0.29) is 24.8 Å². The Morgan fingerprint density at radius 2 is 1.59 bits per heavy atom. The molecule has 0 saturated carbocycles. The first-order chi connectivity index (χ1) is 18.4. The smallest absolute Gasteiger partial charge is 0.244 e. The van der Waals surface area contributed by atoms with Gasteiger partial charge in [-0.3, -0.25) is 13.9 Å². The predicted molar refractivity (Wildman–Crippen MR) is 160 cm³/mol. The summed E-state index contributed by atoms with van der Waals surface area (Å²) < 4.78 is 27.4. The largest absolute Gasteiger partial charge is 0.354 e. The lowest BCUT2D eigenvalue weighted by molar-refractivity contribution is -0.140. The molecule has 1 unspecified atom stereocenters. The molecule has 0 aliphatic carbocycles. The van der Waals surface area contributed by atoms with E-state index in [1.807, 2.05) is 75.4 Å². The molecule has 0 aliphatic heterocycles. The normalized spacial score (nSPS) is 12.2. The van der Waals surface area contributed by atoms with Crippen molar-refractivity contribution < 1.29 is 18.0 Å². The Labute approximate surface area is 240 Å². The van der Waals surface area contributed by atoms with E-state index >= 15 is 0 Å². The first-order valence-electron chi connectivity index (χ1n) is 12.8. The van der Waals surface area contributed by atoms with Crippen LogP contribution >= 0.6 is 15.9 Å². The molecule has 3 aromatic carbocycles. The van der Waals surface area contributed by atoms with Crippen LogP contribution in [0.25, 0.3) is 0 Å². The molecule has 7 nitrogen and oxygen atoms in total. The van der Waals surface area contributed by atoms with E-state index in [1.54, 1.807) is 24.3 Å². The number of nitrogens with zero attached hydrogens (tertiary/aromatic N) is 2. The number of nitrogens with one attached hydrogen (secondary N) is 1. The van der Waals surface area contributed by atoms with Gasteiger partial charge in [-0.25, -0.2) is 8.42 Å². The van der Waals surface area contributed by atoms with Crippen LogP contribution in [0.2, 0.25) is 0 Å². The molecule has 0 aromatic heterocycles. The van der Waals surface area contributed by atoms with Crippen LogP contribution in [-0.4, -0.2) is 50.5 Å². The molecule has 9 heteroatoms. The lowest BCUT2D eigenvalue weighted by atomic mass is 10.0. The van der Waals surface area contributed by atoms with Crippen molar-refractivity contribution in [3.8, 4) is 0 Å². The maximum atomic E-state index is 14.0. The monoisotopic (exact) mass is 613 g/mol. The number of benzene rings is 3. The lowest BCUT2D eigenvalue weighted by Crippen LogP contribution is -2.53. The molecule has 1 atom stereocenters. The quantitative estimate of drug-likeness (QED) is 0.314. The van der Waals surface area contributed by atoms with Gasteiger partial charge in [0, 0.05) is 24.0 Å². The van der Waals surface area contributed by atoms with Crippen molar-refractivity contribution in [2.45, 2.75) is 39.8 Å². The standard InChI is InChI=1S/C30H36BrN3O4S/c1-22(2)19-32-30(36)28(17-24-9-6-5-7-10-24)33(20-25-15-13-23(3)14-16-25)29(35)21-34(39(4,37)38)27-12-8-11-26(31)18-27/h5-16,18,22,28H,17,19-21H2,1-4H3,(H,32,36). The minimum absolute atomic E-state index is 0.155. The second kappa shape index (κ2) is 13.8. The number of carbonyl (C=O) groups excluding carboxylic acids is 2. The van der Waals surface area contributed by atoms with E-state index in [2.05, 4.69) is 21.2 Å². The summed E-state index contributed by atoms with van der Waals surface area (Å²) in [5, 5.41) is 2.98. The van der Waals surface area contributed by atoms with Gasteiger partial charge in [0.1, 0.15) is 12.6 Å². The van der Waals surface area contributed by atoms with E-state index < -0.39 is 28.5 Å². The number of hydrogen-bond acceptors (Lipinski definition) is 4. The van der Waals surface area contributed by atoms with Gasteiger partial charge in [0.05, 0.1) is 11.9 Å². The zero-order valence-corrected chi connectivity index (χ0v) is 25.2. The number of halogens is 1. The molecule has 0 heterocycles. The average molecular weight is 615 g/mol. The fourth-order valence-corrected chi connectivity index (χ4v) is 5.34. The molecule has 1 N–H and O–H groups in total. The molecule has 0 radical (unpaired) electrons. The summed E-state index contributed by atoms with van der Waals surface area (Å²) >= 11 is 3.38. The van der Waals surface area contributed by atoms with Gasteiger partial charge in [0.15, 0.2) is 0 Å². The molecular formula is C30H36BrN3O4S.